The monoisotopic (exact) mass is 531 g/mol. The van der Waals surface area contributed by atoms with Crippen LogP contribution in [0.25, 0.3) is 11.0 Å². The molecule has 9 nitrogen and oxygen atoms in total. The van der Waals surface area contributed by atoms with Crippen molar-refractivity contribution in [3.63, 3.8) is 0 Å². The number of amides is 2. The van der Waals surface area contributed by atoms with Gasteiger partial charge in [0.15, 0.2) is 0 Å². The number of aromatic nitrogens is 2. The first-order chi connectivity index (χ1) is 14.3. The van der Waals surface area contributed by atoms with E-state index in [9.17, 15) is 9.59 Å². The molecule has 2 aromatic rings. The van der Waals surface area contributed by atoms with Gasteiger partial charge in [0, 0.05) is 17.3 Å². The van der Waals surface area contributed by atoms with E-state index in [4.69, 9.17) is 9.47 Å². The Kier molecular flexibility index (Phi) is 9.67. The van der Waals surface area contributed by atoms with E-state index in [1.165, 1.54) is 11.2 Å². The Morgan fingerprint density at radius 1 is 1.12 bits per heavy atom. The molecule has 0 saturated heterocycles. The summed E-state index contributed by atoms with van der Waals surface area (Å²) in [6.45, 7) is 13.1. The highest BCUT2D eigenvalue weighted by Gasteiger charge is 2.32. The lowest BCUT2D eigenvalue weighted by Crippen LogP contribution is -2.51. The minimum absolute atomic E-state index is 0. The number of halogens is 2. The van der Waals surface area contributed by atoms with E-state index in [0.29, 0.717) is 29.0 Å². The Labute approximate surface area is 203 Å². The van der Waals surface area contributed by atoms with Gasteiger partial charge in [0.25, 0.3) is 0 Å². The van der Waals surface area contributed by atoms with E-state index in [-0.39, 0.29) is 24.9 Å². The molecule has 2 rings (SSSR count). The molecule has 2 aromatic heterocycles. The summed E-state index contributed by atoms with van der Waals surface area (Å²) in [5.41, 5.74) is 3.63. The van der Waals surface area contributed by atoms with Crippen LogP contribution in [0.1, 0.15) is 48.5 Å². The van der Waals surface area contributed by atoms with Crippen molar-refractivity contribution in [2.45, 2.75) is 59.6 Å². The number of anilines is 2. The second kappa shape index (κ2) is 11.1. The van der Waals surface area contributed by atoms with E-state index in [0.717, 1.165) is 4.47 Å². The lowest BCUT2D eigenvalue weighted by Gasteiger charge is -2.37. The smallest absolute Gasteiger partial charge is 0.429 e. The fraction of sp³-hybridized carbons (Fsp3) is 0.524. The first-order valence-corrected chi connectivity index (χ1v) is 10.7. The SMILES string of the molecule is CCOCC(=O)Nc1cnc2cc(Br)cnc2c1NN(C(=O)OC(C)(C)C)C(C)(C)C.Cl. The van der Waals surface area contributed by atoms with Gasteiger partial charge in [0.05, 0.1) is 22.9 Å². The molecule has 11 heteroatoms. The number of carbonyl (C=O) groups excluding carboxylic acids is 2. The second-order valence-electron chi connectivity index (χ2n) is 8.85. The van der Waals surface area contributed by atoms with Gasteiger partial charge < -0.3 is 14.8 Å². The predicted molar refractivity (Wildman–Crippen MR) is 131 cm³/mol. The third-order valence-electron chi connectivity index (χ3n) is 3.85. The summed E-state index contributed by atoms with van der Waals surface area (Å²) in [6, 6.07) is 1.80. The highest BCUT2D eigenvalue weighted by molar-refractivity contribution is 9.10. The number of nitrogens with one attached hydrogen (secondary N) is 2. The third kappa shape index (κ3) is 7.75. The van der Waals surface area contributed by atoms with E-state index in [1.54, 1.807) is 33.0 Å². The molecule has 0 saturated carbocycles. The number of rotatable bonds is 6. The molecule has 32 heavy (non-hydrogen) atoms. The van der Waals surface area contributed by atoms with Gasteiger partial charge in [0.1, 0.15) is 23.4 Å². The number of hydrazine groups is 1. The Balaban J connectivity index is 0.00000512. The second-order valence-corrected chi connectivity index (χ2v) is 9.77. The molecule has 0 bridgehead atoms. The third-order valence-corrected chi connectivity index (χ3v) is 4.29. The molecule has 0 aromatic carbocycles. The van der Waals surface area contributed by atoms with Crippen molar-refractivity contribution in [3.8, 4) is 0 Å². The van der Waals surface area contributed by atoms with Crippen LogP contribution in [-0.2, 0) is 14.3 Å². The Bertz CT molecular complexity index is 960. The molecule has 0 unspecified atom stereocenters. The fourth-order valence-corrected chi connectivity index (χ4v) is 2.86. The van der Waals surface area contributed by atoms with Gasteiger partial charge in [-0.15, -0.1) is 12.4 Å². The molecule has 2 heterocycles. The van der Waals surface area contributed by atoms with Gasteiger partial charge in [-0.1, -0.05) is 0 Å². The fourth-order valence-electron chi connectivity index (χ4n) is 2.54. The molecule has 0 radical (unpaired) electrons. The zero-order valence-corrected chi connectivity index (χ0v) is 21.8. The van der Waals surface area contributed by atoms with Gasteiger partial charge >= 0.3 is 6.09 Å². The van der Waals surface area contributed by atoms with Crippen LogP contribution in [0.4, 0.5) is 16.2 Å². The first kappa shape index (κ1) is 27.9. The highest BCUT2D eigenvalue weighted by Crippen LogP contribution is 2.32. The van der Waals surface area contributed by atoms with Gasteiger partial charge in [-0.25, -0.2) is 9.80 Å². The highest BCUT2D eigenvalue weighted by atomic mass is 79.9. The summed E-state index contributed by atoms with van der Waals surface area (Å²) < 4.78 is 11.5. The lowest BCUT2D eigenvalue weighted by molar-refractivity contribution is -0.120. The van der Waals surface area contributed by atoms with Crippen LogP contribution < -0.4 is 10.7 Å². The van der Waals surface area contributed by atoms with Crippen LogP contribution in [-0.4, -0.2) is 51.3 Å². The van der Waals surface area contributed by atoms with Gasteiger partial charge in [0.2, 0.25) is 5.91 Å². The number of hydrogen-bond acceptors (Lipinski definition) is 7. The Morgan fingerprint density at radius 2 is 1.78 bits per heavy atom. The summed E-state index contributed by atoms with van der Waals surface area (Å²) in [4.78, 5) is 34.1. The van der Waals surface area contributed by atoms with Crippen LogP contribution in [0, 0.1) is 0 Å². The number of fused-ring (bicyclic) bond motifs is 1. The largest absolute Gasteiger partial charge is 0.442 e. The molecule has 2 N–H and O–H groups in total. The number of pyridine rings is 2. The summed E-state index contributed by atoms with van der Waals surface area (Å²) in [6.07, 6.45) is 2.57. The molecular weight excluding hydrogens is 502 g/mol. The summed E-state index contributed by atoms with van der Waals surface area (Å²) in [5.74, 6) is -0.345. The quantitative estimate of drug-likeness (QED) is 0.496. The molecular formula is C21H31BrClN5O4. The summed E-state index contributed by atoms with van der Waals surface area (Å²) in [5, 5.41) is 4.15. The van der Waals surface area contributed by atoms with Crippen LogP contribution in [0.15, 0.2) is 22.9 Å². The average molecular weight is 533 g/mol. The van der Waals surface area contributed by atoms with Crippen LogP contribution in [0.2, 0.25) is 0 Å². The van der Waals surface area contributed by atoms with Crippen molar-refractivity contribution < 1.29 is 19.1 Å². The molecule has 0 aliphatic rings. The molecule has 0 atom stereocenters. The van der Waals surface area contributed by atoms with Crippen LogP contribution >= 0.6 is 28.3 Å². The zero-order chi connectivity index (χ0) is 23.4. The maximum Gasteiger partial charge on any atom is 0.429 e. The lowest BCUT2D eigenvalue weighted by atomic mass is 10.1. The number of nitrogens with zero attached hydrogens (tertiary/aromatic N) is 3. The topological polar surface area (TPSA) is 106 Å². The van der Waals surface area contributed by atoms with Crippen molar-refractivity contribution in [2.24, 2.45) is 0 Å². The zero-order valence-electron chi connectivity index (χ0n) is 19.4. The van der Waals surface area contributed by atoms with Crippen LogP contribution in [0.3, 0.4) is 0 Å². The molecule has 2 amide bonds. The standard InChI is InChI=1S/C21H30BrN5O4.ClH/c1-8-30-12-16(28)25-15-11-23-14-9-13(22)10-24-17(14)18(15)26-27(20(2,3)4)19(29)31-21(5,6)7;/h9-11H,8,12H2,1-7H3,(H,23,26)(H,25,28);1H. The maximum atomic E-state index is 13.0. The Hall–Kier alpha value is -2.17. The van der Waals surface area contributed by atoms with Crippen molar-refractivity contribution in [1.29, 1.82) is 0 Å². The van der Waals surface area contributed by atoms with Crippen molar-refractivity contribution in [2.75, 3.05) is 24.0 Å². The maximum absolute atomic E-state index is 13.0. The minimum atomic E-state index is -0.680. The molecule has 0 spiro atoms. The summed E-state index contributed by atoms with van der Waals surface area (Å²) >= 11 is 3.39. The minimum Gasteiger partial charge on any atom is -0.442 e. The molecule has 0 fully saturated rings. The van der Waals surface area contributed by atoms with E-state index in [2.05, 4.69) is 36.6 Å². The van der Waals surface area contributed by atoms with Crippen molar-refractivity contribution in [3.05, 3.63) is 22.9 Å². The van der Waals surface area contributed by atoms with E-state index >= 15 is 0 Å². The normalized spacial score (nSPS) is 11.5. The molecule has 0 aliphatic carbocycles. The number of ether oxygens (including phenoxy) is 2. The summed E-state index contributed by atoms with van der Waals surface area (Å²) in [7, 11) is 0. The Morgan fingerprint density at radius 3 is 2.34 bits per heavy atom. The van der Waals surface area contributed by atoms with Crippen LogP contribution in [0.5, 0.6) is 0 Å². The molecule has 0 aliphatic heterocycles. The number of carbonyl (C=O) groups is 2. The van der Waals surface area contributed by atoms with E-state index < -0.39 is 17.2 Å². The molecule has 178 valence electrons. The average Bonchev–Trinajstić information content (AvgIpc) is 2.62. The predicted octanol–water partition coefficient (Wildman–Crippen LogP) is 5.15. The van der Waals surface area contributed by atoms with Crippen molar-refractivity contribution in [1.82, 2.24) is 15.0 Å². The number of hydrogen-bond donors (Lipinski definition) is 2. The van der Waals surface area contributed by atoms with Gasteiger partial charge in [-0.2, -0.15) is 0 Å². The van der Waals surface area contributed by atoms with Gasteiger partial charge in [-0.3, -0.25) is 20.2 Å². The van der Waals surface area contributed by atoms with Gasteiger partial charge in [-0.05, 0) is 70.5 Å². The van der Waals surface area contributed by atoms with Crippen molar-refractivity contribution >= 4 is 62.7 Å². The first-order valence-electron chi connectivity index (χ1n) is 9.93. The van der Waals surface area contributed by atoms with E-state index in [1.807, 2.05) is 27.7 Å².